The summed E-state index contributed by atoms with van der Waals surface area (Å²) in [6.07, 6.45) is 7.34. The van der Waals surface area contributed by atoms with E-state index in [1.807, 2.05) is 30.7 Å². The van der Waals surface area contributed by atoms with Crippen molar-refractivity contribution in [1.29, 1.82) is 0 Å². The van der Waals surface area contributed by atoms with Gasteiger partial charge in [-0.15, -0.1) is 0 Å². The maximum absolute atomic E-state index is 11.2. The number of fused-ring (bicyclic) bond motifs is 3. The third-order valence-electron chi connectivity index (χ3n) is 6.90. The van der Waals surface area contributed by atoms with Crippen molar-refractivity contribution in [1.82, 2.24) is 9.55 Å². The van der Waals surface area contributed by atoms with E-state index in [2.05, 4.69) is 45.9 Å². The van der Waals surface area contributed by atoms with Gasteiger partial charge in [0.25, 0.3) is 0 Å². The Balaban J connectivity index is 1.22. The van der Waals surface area contributed by atoms with Gasteiger partial charge < -0.3 is 20.1 Å². The molecule has 3 aromatic rings. The topological polar surface area (TPSA) is 73.3 Å². The normalized spacial score (nSPS) is 26.2. The van der Waals surface area contributed by atoms with E-state index in [1.54, 1.807) is 0 Å². The largest absolute Gasteiger partial charge is 0.391 e. The second kappa shape index (κ2) is 7.99. The second-order valence-electron chi connectivity index (χ2n) is 8.77. The molecule has 2 heterocycles. The number of aromatic nitrogens is 2. The summed E-state index contributed by atoms with van der Waals surface area (Å²) in [7, 11) is 0. The van der Waals surface area contributed by atoms with Crippen molar-refractivity contribution in [2.24, 2.45) is 5.73 Å². The van der Waals surface area contributed by atoms with Crippen LogP contribution in [0.5, 0.6) is 0 Å². The quantitative estimate of drug-likeness (QED) is 0.651. The third-order valence-corrected chi connectivity index (χ3v) is 6.90. The number of hydrogen-bond donors (Lipinski definition) is 2. The number of ether oxygens (including phenoxy) is 1. The number of benzene rings is 2. The minimum atomic E-state index is -0.570. The van der Waals surface area contributed by atoms with Crippen LogP contribution in [0, 0.1) is 0 Å². The molecule has 0 radical (unpaired) electrons. The Morgan fingerprint density at radius 2 is 1.83 bits per heavy atom. The van der Waals surface area contributed by atoms with E-state index in [0.717, 1.165) is 31.4 Å². The number of hydrogen-bond acceptors (Lipinski definition) is 4. The molecule has 2 aromatic carbocycles. The predicted molar refractivity (Wildman–Crippen MR) is 117 cm³/mol. The lowest BCUT2D eigenvalue weighted by molar-refractivity contribution is -0.0267. The summed E-state index contributed by atoms with van der Waals surface area (Å²) < 4.78 is 8.28. The first-order valence-corrected chi connectivity index (χ1v) is 10.9. The molecule has 5 nitrogen and oxygen atoms in total. The standard InChI is InChI=1S/C25H29N3O2/c26-25(12-10-19(11-13-25)30-16-18-6-2-1-3-7-18)24(29)14-22-20-8-4-5-9-21(20)23-15-27-17-28(22)23/h1-9,15,17,19,22,24,29H,10-14,16,26H2. The van der Waals surface area contributed by atoms with Gasteiger partial charge in [-0.25, -0.2) is 4.98 Å². The molecule has 156 valence electrons. The van der Waals surface area contributed by atoms with E-state index >= 15 is 0 Å². The highest BCUT2D eigenvalue weighted by Gasteiger charge is 2.41. The van der Waals surface area contributed by atoms with Crippen molar-refractivity contribution in [3.63, 3.8) is 0 Å². The molecule has 0 amide bonds. The number of nitrogens with two attached hydrogens (primary N) is 1. The molecule has 5 heteroatoms. The maximum Gasteiger partial charge on any atom is 0.0956 e. The molecule has 30 heavy (non-hydrogen) atoms. The molecule has 0 bridgehead atoms. The summed E-state index contributed by atoms with van der Waals surface area (Å²) in [5.74, 6) is 0. The highest BCUT2D eigenvalue weighted by atomic mass is 16.5. The van der Waals surface area contributed by atoms with Crippen molar-refractivity contribution in [2.45, 2.75) is 62.5 Å². The van der Waals surface area contributed by atoms with Gasteiger partial charge in [-0.2, -0.15) is 0 Å². The second-order valence-corrected chi connectivity index (χ2v) is 8.77. The molecule has 1 aliphatic carbocycles. The minimum Gasteiger partial charge on any atom is -0.391 e. The molecule has 3 N–H and O–H groups in total. The average molecular weight is 404 g/mol. The van der Waals surface area contributed by atoms with E-state index in [9.17, 15) is 5.11 Å². The van der Waals surface area contributed by atoms with Crippen LogP contribution < -0.4 is 5.73 Å². The molecular formula is C25H29N3O2. The highest BCUT2D eigenvalue weighted by Crippen LogP contribution is 2.43. The molecule has 1 fully saturated rings. The summed E-state index contributed by atoms with van der Waals surface area (Å²) in [6.45, 7) is 0.633. The fourth-order valence-electron chi connectivity index (χ4n) is 5.04. The first-order valence-electron chi connectivity index (χ1n) is 10.9. The highest BCUT2D eigenvalue weighted by molar-refractivity contribution is 5.68. The fourth-order valence-corrected chi connectivity index (χ4v) is 5.04. The summed E-state index contributed by atoms with van der Waals surface area (Å²) in [4.78, 5) is 4.32. The summed E-state index contributed by atoms with van der Waals surface area (Å²) >= 11 is 0. The van der Waals surface area contributed by atoms with Crippen LogP contribution in [0.3, 0.4) is 0 Å². The van der Waals surface area contributed by atoms with E-state index in [1.165, 1.54) is 16.7 Å². The SMILES string of the molecule is NC1(C(O)CC2c3ccccc3-c3cncn32)CCC(OCc2ccccc2)CC1. The summed E-state index contributed by atoms with van der Waals surface area (Å²) in [6, 6.07) is 18.7. The van der Waals surface area contributed by atoms with Crippen LogP contribution in [0.25, 0.3) is 11.3 Å². The minimum absolute atomic E-state index is 0.0844. The zero-order chi connectivity index (χ0) is 20.6. The first-order chi connectivity index (χ1) is 14.6. The predicted octanol–water partition coefficient (Wildman–Crippen LogP) is 4.06. The zero-order valence-corrected chi connectivity index (χ0v) is 17.2. The number of aliphatic hydroxyl groups is 1. The zero-order valence-electron chi connectivity index (χ0n) is 17.2. The molecule has 2 atom stereocenters. The van der Waals surface area contributed by atoms with Crippen molar-refractivity contribution >= 4 is 0 Å². The molecular weight excluding hydrogens is 374 g/mol. The molecule has 5 rings (SSSR count). The van der Waals surface area contributed by atoms with Crippen LogP contribution in [0.15, 0.2) is 67.1 Å². The Morgan fingerprint density at radius 1 is 1.10 bits per heavy atom. The number of nitrogens with zero attached hydrogens (tertiary/aromatic N) is 2. The molecule has 0 saturated heterocycles. The van der Waals surface area contributed by atoms with Gasteiger partial charge in [-0.1, -0.05) is 54.6 Å². The Kier molecular flexibility index (Phi) is 5.19. The molecule has 2 aliphatic rings. The molecule has 0 spiro atoms. The van der Waals surface area contributed by atoms with Gasteiger partial charge in [0.2, 0.25) is 0 Å². The number of rotatable bonds is 6. The van der Waals surface area contributed by atoms with E-state index in [4.69, 9.17) is 10.5 Å². The van der Waals surface area contributed by atoms with Crippen LogP contribution in [0.2, 0.25) is 0 Å². The maximum atomic E-state index is 11.2. The van der Waals surface area contributed by atoms with E-state index in [0.29, 0.717) is 13.0 Å². The van der Waals surface area contributed by atoms with Crippen LogP contribution in [-0.2, 0) is 11.3 Å². The van der Waals surface area contributed by atoms with Gasteiger partial charge in [0.15, 0.2) is 0 Å². The molecule has 1 saturated carbocycles. The molecule has 1 aromatic heterocycles. The van der Waals surface area contributed by atoms with Gasteiger partial charge in [0.05, 0.1) is 43.1 Å². The van der Waals surface area contributed by atoms with E-state index < -0.39 is 11.6 Å². The number of imidazole rings is 1. The Bertz CT molecular complexity index is 992. The van der Waals surface area contributed by atoms with Crippen molar-refractivity contribution in [3.05, 3.63) is 78.2 Å². The van der Waals surface area contributed by atoms with Crippen molar-refractivity contribution in [2.75, 3.05) is 0 Å². The first kappa shape index (κ1) is 19.5. The lowest BCUT2D eigenvalue weighted by atomic mass is 9.75. The van der Waals surface area contributed by atoms with Gasteiger partial charge >= 0.3 is 0 Å². The molecule has 1 aliphatic heterocycles. The fraction of sp³-hybridized carbons (Fsp3) is 0.400. The van der Waals surface area contributed by atoms with Crippen LogP contribution in [0.4, 0.5) is 0 Å². The van der Waals surface area contributed by atoms with Gasteiger partial charge in [-0.05, 0) is 36.8 Å². The van der Waals surface area contributed by atoms with Crippen LogP contribution >= 0.6 is 0 Å². The van der Waals surface area contributed by atoms with Crippen molar-refractivity contribution < 1.29 is 9.84 Å². The van der Waals surface area contributed by atoms with Crippen LogP contribution in [-0.4, -0.2) is 32.4 Å². The van der Waals surface area contributed by atoms with Crippen LogP contribution in [0.1, 0.15) is 49.3 Å². The Labute approximate surface area is 177 Å². The van der Waals surface area contributed by atoms with Gasteiger partial charge in [-0.3, -0.25) is 0 Å². The third kappa shape index (κ3) is 3.58. The van der Waals surface area contributed by atoms with Gasteiger partial charge in [0, 0.05) is 17.5 Å². The van der Waals surface area contributed by atoms with Gasteiger partial charge in [0.1, 0.15) is 0 Å². The number of aliphatic hydroxyl groups excluding tert-OH is 1. The smallest absolute Gasteiger partial charge is 0.0956 e. The van der Waals surface area contributed by atoms with Crippen molar-refractivity contribution in [3.8, 4) is 11.3 Å². The summed E-state index contributed by atoms with van der Waals surface area (Å²) in [5.41, 5.74) is 10.9. The molecule has 2 unspecified atom stereocenters. The monoisotopic (exact) mass is 403 g/mol. The van der Waals surface area contributed by atoms with E-state index in [-0.39, 0.29) is 12.1 Å². The summed E-state index contributed by atoms with van der Waals surface area (Å²) in [5, 5.41) is 11.2. The Hall–Kier alpha value is -2.47. The lowest BCUT2D eigenvalue weighted by Gasteiger charge is -2.41. The lowest BCUT2D eigenvalue weighted by Crippen LogP contribution is -2.54. The Morgan fingerprint density at radius 3 is 2.63 bits per heavy atom. The average Bonchev–Trinajstić information content (AvgIpc) is 3.37.